The van der Waals surface area contributed by atoms with Crippen LogP contribution in [-0.2, 0) is 21.5 Å². The summed E-state index contributed by atoms with van der Waals surface area (Å²) in [6.45, 7) is 6.46. The fourth-order valence-corrected chi connectivity index (χ4v) is 3.63. The topological polar surface area (TPSA) is 118 Å². The Hall–Kier alpha value is -3.03. The molecular formula is C21H22F3N3O5S2. The summed E-state index contributed by atoms with van der Waals surface area (Å²) < 4.78 is 59.3. The lowest BCUT2D eigenvalue weighted by molar-refractivity contribution is -0.117. The maximum atomic E-state index is 12.6. The molecule has 0 aliphatic rings. The van der Waals surface area contributed by atoms with Crippen LogP contribution in [0.5, 0.6) is 0 Å². The zero-order valence-corrected chi connectivity index (χ0v) is 20.0. The van der Waals surface area contributed by atoms with Crippen molar-refractivity contribution in [2.45, 2.75) is 38.7 Å². The van der Waals surface area contributed by atoms with Crippen molar-refractivity contribution in [2.24, 2.45) is 0 Å². The smallest absolute Gasteiger partial charge is 0.323 e. The van der Waals surface area contributed by atoms with E-state index in [1.165, 1.54) is 11.3 Å². The summed E-state index contributed by atoms with van der Waals surface area (Å²) in [6, 6.07) is 12.8. The van der Waals surface area contributed by atoms with Gasteiger partial charge in [-0.25, -0.2) is 0 Å². The number of carbonyl (C=O) groups excluding carboxylic acids is 2. The summed E-state index contributed by atoms with van der Waals surface area (Å²) in [5.41, 5.74) is -3.37. The lowest BCUT2D eigenvalue weighted by atomic mass is 10.1. The van der Waals surface area contributed by atoms with Crippen LogP contribution in [0.15, 0.2) is 48.7 Å². The molecule has 0 spiro atoms. The van der Waals surface area contributed by atoms with Crippen LogP contribution in [0.25, 0.3) is 0 Å². The molecule has 1 unspecified atom stereocenters. The first-order chi connectivity index (χ1) is 15.7. The molecule has 13 heteroatoms. The first kappa shape index (κ1) is 27.2. The van der Waals surface area contributed by atoms with Crippen molar-refractivity contribution in [1.29, 1.82) is 0 Å². The minimum absolute atomic E-state index is 0.0190. The van der Waals surface area contributed by atoms with Crippen LogP contribution in [0.3, 0.4) is 0 Å². The predicted molar refractivity (Wildman–Crippen MR) is 121 cm³/mol. The van der Waals surface area contributed by atoms with Crippen molar-refractivity contribution < 1.29 is 35.7 Å². The highest BCUT2D eigenvalue weighted by Gasteiger charge is 2.44. The van der Waals surface area contributed by atoms with Gasteiger partial charge >= 0.3 is 15.6 Å². The highest BCUT2D eigenvalue weighted by Crippen LogP contribution is 2.28. The molecule has 184 valence electrons. The normalized spacial score (nSPS) is 12.4. The number of anilines is 1. The lowest BCUT2D eigenvalue weighted by Gasteiger charge is -2.09. The van der Waals surface area contributed by atoms with Crippen LogP contribution in [-0.4, -0.2) is 39.9 Å². The van der Waals surface area contributed by atoms with Gasteiger partial charge in [0.25, 0.3) is 0 Å². The number of hydrogen-bond donors (Lipinski definition) is 2. The standard InChI is InChI=1S/C20H21N3O2S.CHF3O3S/c1-4-23-12-16(14(3)22-23)21-20(25)13(2)17-10-11-18(26-17)19(24)15-8-6-5-7-9-15;2-1(3,4)8(5,6)7/h5-13H,4H2,1-3H3,(H,21,25);(H,5,6,7). The van der Waals surface area contributed by atoms with Crippen LogP contribution >= 0.6 is 11.3 Å². The second-order valence-electron chi connectivity index (χ2n) is 7.01. The number of nitrogens with zero attached hydrogens (tertiary/aromatic N) is 2. The van der Waals surface area contributed by atoms with E-state index in [1.54, 1.807) is 22.9 Å². The zero-order valence-electron chi connectivity index (χ0n) is 18.3. The van der Waals surface area contributed by atoms with E-state index < -0.39 is 15.6 Å². The molecule has 3 aromatic rings. The molecule has 1 aromatic carbocycles. The molecule has 0 saturated carbocycles. The van der Waals surface area contributed by atoms with Crippen LogP contribution in [0, 0.1) is 6.92 Å². The summed E-state index contributed by atoms with van der Waals surface area (Å²) in [6.07, 6.45) is 1.83. The SMILES string of the molecule is CCn1cc(NC(=O)C(C)c2ccc(C(=O)c3ccccc3)s2)c(C)n1.O=S(=O)(O)C(F)(F)F. The van der Waals surface area contributed by atoms with E-state index in [0.29, 0.717) is 10.4 Å². The Labute approximate surface area is 198 Å². The van der Waals surface area contributed by atoms with Crippen molar-refractivity contribution in [3.8, 4) is 0 Å². The number of amides is 1. The highest BCUT2D eigenvalue weighted by molar-refractivity contribution is 7.86. The van der Waals surface area contributed by atoms with Gasteiger partial charge in [0.1, 0.15) is 0 Å². The number of thiophene rings is 1. The molecule has 2 aromatic heterocycles. The summed E-state index contributed by atoms with van der Waals surface area (Å²) in [7, 11) is -5.84. The summed E-state index contributed by atoms with van der Waals surface area (Å²) in [5, 5.41) is 7.27. The van der Waals surface area contributed by atoms with Crippen LogP contribution in [0.4, 0.5) is 18.9 Å². The van der Waals surface area contributed by atoms with Crippen LogP contribution < -0.4 is 5.32 Å². The minimum atomic E-state index is -5.84. The third-order valence-electron chi connectivity index (χ3n) is 4.53. The maximum absolute atomic E-state index is 12.6. The predicted octanol–water partition coefficient (Wildman–Crippen LogP) is 4.64. The van der Waals surface area contributed by atoms with Gasteiger partial charge in [-0.15, -0.1) is 11.3 Å². The number of benzene rings is 1. The van der Waals surface area contributed by atoms with E-state index in [9.17, 15) is 22.8 Å². The molecule has 0 radical (unpaired) electrons. The van der Waals surface area contributed by atoms with Gasteiger partial charge in [-0.05, 0) is 32.9 Å². The van der Waals surface area contributed by atoms with Crippen molar-refractivity contribution in [1.82, 2.24) is 9.78 Å². The van der Waals surface area contributed by atoms with E-state index in [4.69, 9.17) is 13.0 Å². The molecule has 0 saturated heterocycles. The van der Waals surface area contributed by atoms with Gasteiger partial charge in [-0.1, -0.05) is 30.3 Å². The number of ketones is 1. The number of halogens is 3. The molecule has 34 heavy (non-hydrogen) atoms. The molecule has 3 rings (SSSR count). The highest BCUT2D eigenvalue weighted by atomic mass is 32.2. The first-order valence-electron chi connectivity index (χ1n) is 9.82. The fourth-order valence-electron chi connectivity index (χ4n) is 2.61. The maximum Gasteiger partial charge on any atom is 0.522 e. The Morgan fingerprint density at radius 1 is 1.18 bits per heavy atom. The van der Waals surface area contributed by atoms with Gasteiger partial charge in [-0.3, -0.25) is 18.8 Å². The number of aromatic nitrogens is 2. The molecule has 2 heterocycles. The Morgan fingerprint density at radius 2 is 1.76 bits per heavy atom. The van der Waals surface area contributed by atoms with Crippen LogP contribution in [0.2, 0.25) is 0 Å². The zero-order chi connectivity index (χ0) is 25.7. The number of nitrogens with one attached hydrogen (secondary N) is 1. The van der Waals surface area contributed by atoms with Gasteiger partial charge in [0.2, 0.25) is 11.7 Å². The van der Waals surface area contributed by atoms with Gasteiger partial charge in [0, 0.05) is 23.2 Å². The molecule has 8 nitrogen and oxygen atoms in total. The Morgan fingerprint density at radius 3 is 2.26 bits per heavy atom. The van der Waals surface area contributed by atoms with E-state index in [2.05, 4.69) is 10.4 Å². The van der Waals surface area contributed by atoms with Crippen LogP contribution in [0.1, 0.15) is 45.6 Å². The summed E-state index contributed by atoms with van der Waals surface area (Å²) >= 11 is 1.37. The second kappa shape index (κ2) is 10.9. The Bertz CT molecular complexity index is 1250. The van der Waals surface area contributed by atoms with Gasteiger partial charge < -0.3 is 5.32 Å². The monoisotopic (exact) mass is 517 g/mol. The first-order valence-corrected chi connectivity index (χ1v) is 12.1. The quantitative estimate of drug-likeness (QED) is 0.279. The number of hydrogen-bond acceptors (Lipinski definition) is 6. The number of alkyl halides is 3. The van der Waals surface area contributed by atoms with Gasteiger partial charge in [0.15, 0.2) is 0 Å². The van der Waals surface area contributed by atoms with E-state index in [-0.39, 0.29) is 17.6 Å². The Kier molecular flexibility index (Phi) is 8.75. The molecule has 0 fully saturated rings. The van der Waals surface area contributed by atoms with E-state index in [1.807, 2.05) is 51.2 Å². The number of carbonyl (C=O) groups is 2. The molecule has 2 N–H and O–H groups in total. The molecule has 0 bridgehead atoms. The minimum Gasteiger partial charge on any atom is -0.323 e. The number of rotatable bonds is 6. The fraction of sp³-hybridized carbons (Fsp3) is 0.286. The summed E-state index contributed by atoms with van der Waals surface area (Å²) in [5.74, 6) is -0.472. The van der Waals surface area contributed by atoms with Crippen molar-refractivity contribution in [3.63, 3.8) is 0 Å². The third kappa shape index (κ3) is 6.98. The van der Waals surface area contributed by atoms with Crippen molar-refractivity contribution in [2.75, 3.05) is 5.32 Å². The lowest BCUT2D eigenvalue weighted by Crippen LogP contribution is -2.21. The molecule has 1 amide bonds. The molecular weight excluding hydrogens is 495 g/mol. The Balaban J connectivity index is 0.000000440. The van der Waals surface area contributed by atoms with E-state index >= 15 is 0 Å². The number of aryl methyl sites for hydroxylation is 2. The van der Waals surface area contributed by atoms with Gasteiger partial charge in [-0.2, -0.15) is 26.7 Å². The van der Waals surface area contributed by atoms with Gasteiger partial charge in [0.05, 0.1) is 22.2 Å². The average molecular weight is 518 g/mol. The van der Waals surface area contributed by atoms with Crippen molar-refractivity contribution in [3.05, 3.63) is 69.7 Å². The molecule has 0 aliphatic carbocycles. The average Bonchev–Trinajstić information content (AvgIpc) is 3.39. The third-order valence-corrected chi connectivity index (χ3v) is 6.38. The summed E-state index contributed by atoms with van der Waals surface area (Å²) in [4.78, 5) is 26.6. The molecule has 1 atom stereocenters. The van der Waals surface area contributed by atoms with E-state index in [0.717, 1.165) is 22.8 Å². The molecule has 0 aliphatic heterocycles. The second-order valence-corrected chi connectivity index (χ2v) is 9.54. The van der Waals surface area contributed by atoms with Crippen molar-refractivity contribution >= 4 is 38.8 Å². The largest absolute Gasteiger partial charge is 0.522 e.